The quantitative estimate of drug-likeness (QED) is 0.711. The van der Waals surface area contributed by atoms with Crippen molar-refractivity contribution in [1.82, 2.24) is 5.32 Å². The molecule has 0 aliphatic carbocycles. The predicted molar refractivity (Wildman–Crippen MR) is 103 cm³/mol. The van der Waals surface area contributed by atoms with Gasteiger partial charge in [-0.25, -0.2) is 13.2 Å². The Kier molecular flexibility index (Phi) is 6.86. The molecule has 2 rings (SSSR count). The van der Waals surface area contributed by atoms with Gasteiger partial charge in [-0.15, -0.1) is 0 Å². The molecule has 0 spiro atoms. The molecule has 0 aliphatic rings. The second kappa shape index (κ2) is 8.73. The van der Waals surface area contributed by atoms with Crippen molar-refractivity contribution < 1.29 is 22.7 Å². The van der Waals surface area contributed by atoms with Crippen molar-refractivity contribution in [2.24, 2.45) is 0 Å². The maximum Gasteiger partial charge on any atom is 0.340 e. The summed E-state index contributed by atoms with van der Waals surface area (Å²) in [6.45, 7) is 1.64. The van der Waals surface area contributed by atoms with Gasteiger partial charge in [0, 0.05) is 17.8 Å². The normalized spacial score (nSPS) is 12.3. The molecule has 9 heteroatoms. The molecule has 0 heterocycles. The van der Waals surface area contributed by atoms with E-state index < -0.39 is 27.8 Å². The second-order valence-electron chi connectivity index (χ2n) is 5.81. The van der Waals surface area contributed by atoms with E-state index in [2.05, 4.69) is 5.32 Å². The topological polar surface area (TPSA) is 89.5 Å². The zero-order valence-corrected chi connectivity index (χ0v) is 16.9. The van der Waals surface area contributed by atoms with Gasteiger partial charge in [0.15, 0.2) is 15.9 Å². The van der Waals surface area contributed by atoms with E-state index in [9.17, 15) is 18.0 Å². The predicted octanol–water partition coefficient (Wildman–Crippen LogP) is 3.26. The summed E-state index contributed by atoms with van der Waals surface area (Å²) < 4.78 is 28.3. The summed E-state index contributed by atoms with van der Waals surface area (Å²) in [5.74, 6) is -1.40. The van der Waals surface area contributed by atoms with Gasteiger partial charge in [-0.05, 0) is 42.8 Å². The van der Waals surface area contributed by atoms with Crippen molar-refractivity contribution in [1.29, 1.82) is 0 Å². The zero-order chi connectivity index (χ0) is 20.2. The van der Waals surface area contributed by atoms with E-state index in [1.165, 1.54) is 19.1 Å². The Bertz CT molecular complexity index is 958. The van der Waals surface area contributed by atoms with Gasteiger partial charge in [0.1, 0.15) is 0 Å². The molecule has 1 N–H and O–H groups in total. The monoisotopic (exact) mass is 429 g/mol. The van der Waals surface area contributed by atoms with E-state index in [-0.39, 0.29) is 22.0 Å². The van der Waals surface area contributed by atoms with Gasteiger partial charge in [-0.1, -0.05) is 35.3 Å². The first-order valence-electron chi connectivity index (χ1n) is 7.80. The molecule has 2 aromatic rings. The Labute approximate surface area is 167 Å². The Morgan fingerprint density at radius 1 is 1.11 bits per heavy atom. The number of carbonyl (C=O) groups excluding carboxylic acids is 2. The number of amides is 1. The number of rotatable bonds is 6. The van der Waals surface area contributed by atoms with Crippen molar-refractivity contribution in [2.45, 2.75) is 24.5 Å². The minimum absolute atomic E-state index is 0.0289. The number of halogens is 2. The molecule has 1 atom stereocenters. The summed E-state index contributed by atoms with van der Waals surface area (Å²) in [6.07, 6.45) is -0.0826. The zero-order valence-electron chi connectivity index (χ0n) is 14.5. The average molecular weight is 430 g/mol. The van der Waals surface area contributed by atoms with Gasteiger partial charge in [-0.2, -0.15) is 0 Å². The van der Waals surface area contributed by atoms with Gasteiger partial charge in [0.25, 0.3) is 5.91 Å². The van der Waals surface area contributed by atoms with Crippen LogP contribution in [-0.2, 0) is 25.9 Å². The average Bonchev–Trinajstić information content (AvgIpc) is 2.60. The molecule has 6 nitrogen and oxygen atoms in total. The van der Waals surface area contributed by atoms with E-state index in [1.54, 1.807) is 24.3 Å². The smallest absolute Gasteiger partial charge is 0.340 e. The van der Waals surface area contributed by atoms with Crippen molar-refractivity contribution >= 4 is 44.9 Å². The highest BCUT2D eigenvalue weighted by molar-refractivity contribution is 7.90. The molecule has 0 aliphatic heterocycles. The van der Waals surface area contributed by atoms with Crippen LogP contribution in [0.2, 0.25) is 10.0 Å². The van der Waals surface area contributed by atoms with Gasteiger partial charge >= 0.3 is 5.97 Å². The summed E-state index contributed by atoms with van der Waals surface area (Å²) in [7, 11) is -3.52. The van der Waals surface area contributed by atoms with Gasteiger partial charge in [-0.3, -0.25) is 4.79 Å². The molecule has 0 aromatic heterocycles. The fourth-order valence-corrected chi connectivity index (χ4v) is 3.07. The van der Waals surface area contributed by atoms with Crippen LogP contribution >= 0.6 is 23.2 Å². The van der Waals surface area contributed by atoms with Crippen LogP contribution in [0.1, 0.15) is 22.8 Å². The van der Waals surface area contributed by atoms with Crippen LogP contribution in [0.4, 0.5) is 0 Å². The fraction of sp³-hybridized carbons (Fsp3) is 0.222. The van der Waals surface area contributed by atoms with E-state index in [4.69, 9.17) is 27.9 Å². The third-order valence-electron chi connectivity index (χ3n) is 3.62. The van der Waals surface area contributed by atoms with Gasteiger partial charge in [0.05, 0.1) is 15.5 Å². The van der Waals surface area contributed by atoms with Gasteiger partial charge in [0.2, 0.25) is 0 Å². The molecule has 2 aromatic carbocycles. The summed E-state index contributed by atoms with van der Waals surface area (Å²) in [5.41, 5.74) is 0.701. The molecule has 0 radical (unpaired) electrons. The highest BCUT2D eigenvalue weighted by atomic mass is 35.5. The van der Waals surface area contributed by atoms with Crippen molar-refractivity contribution in [3.8, 4) is 0 Å². The van der Waals surface area contributed by atoms with Crippen molar-refractivity contribution in [3.05, 3.63) is 63.6 Å². The van der Waals surface area contributed by atoms with Crippen molar-refractivity contribution in [2.75, 3.05) is 6.26 Å². The Hall–Kier alpha value is -2.09. The molecule has 0 saturated heterocycles. The van der Waals surface area contributed by atoms with E-state index >= 15 is 0 Å². The highest BCUT2D eigenvalue weighted by Crippen LogP contribution is 2.22. The van der Waals surface area contributed by atoms with E-state index in [0.29, 0.717) is 5.02 Å². The van der Waals surface area contributed by atoms with Crippen molar-refractivity contribution in [3.63, 3.8) is 0 Å². The molecule has 1 amide bonds. The second-order valence-corrected chi connectivity index (χ2v) is 8.66. The van der Waals surface area contributed by atoms with E-state index in [1.807, 2.05) is 0 Å². The summed E-state index contributed by atoms with van der Waals surface area (Å²) in [5, 5.41) is 3.25. The summed E-state index contributed by atoms with van der Waals surface area (Å²) >= 11 is 11.8. The maximum absolute atomic E-state index is 12.3. The van der Waals surface area contributed by atoms with E-state index in [0.717, 1.165) is 17.9 Å². The number of sulfone groups is 1. The Morgan fingerprint density at radius 3 is 2.33 bits per heavy atom. The molecular formula is C18H17Cl2NO5S. The number of hydrogen-bond donors (Lipinski definition) is 1. The first kappa shape index (κ1) is 21.2. The third-order valence-corrected chi connectivity index (χ3v) is 5.31. The first-order valence-corrected chi connectivity index (χ1v) is 10.5. The Morgan fingerprint density at radius 2 is 1.74 bits per heavy atom. The molecule has 144 valence electrons. The molecular weight excluding hydrogens is 413 g/mol. The molecule has 0 fully saturated rings. The van der Waals surface area contributed by atoms with Crippen LogP contribution in [0.15, 0.2) is 47.4 Å². The Balaban J connectivity index is 2.02. The summed E-state index contributed by atoms with van der Waals surface area (Å²) in [6, 6.07) is 10.6. The lowest BCUT2D eigenvalue weighted by atomic mass is 10.2. The number of carbonyl (C=O) groups is 2. The fourth-order valence-electron chi connectivity index (χ4n) is 2.10. The van der Waals surface area contributed by atoms with Crippen LogP contribution in [0.5, 0.6) is 0 Å². The largest absolute Gasteiger partial charge is 0.449 e. The first-order chi connectivity index (χ1) is 12.6. The number of esters is 1. The minimum atomic E-state index is -3.52. The lowest BCUT2D eigenvalue weighted by Gasteiger charge is -2.14. The molecule has 0 bridgehead atoms. The van der Waals surface area contributed by atoms with Crippen LogP contribution in [0.3, 0.4) is 0 Å². The molecule has 1 unspecified atom stereocenters. The van der Waals surface area contributed by atoms with Crippen LogP contribution in [0.25, 0.3) is 0 Å². The lowest BCUT2D eigenvalue weighted by Crippen LogP contribution is -2.35. The SMILES string of the molecule is CC(OC(=O)c1cc(S(C)(=O)=O)ccc1Cl)C(=O)NCc1ccc(Cl)cc1. The molecule has 0 saturated carbocycles. The number of hydrogen-bond acceptors (Lipinski definition) is 5. The van der Waals surface area contributed by atoms with Crippen LogP contribution < -0.4 is 5.32 Å². The number of nitrogens with one attached hydrogen (secondary N) is 1. The number of ether oxygens (including phenoxy) is 1. The molecule has 27 heavy (non-hydrogen) atoms. The van der Waals surface area contributed by atoms with Crippen LogP contribution in [0, 0.1) is 0 Å². The summed E-state index contributed by atoms with van der Waals surface area (Å²) in [4.78, 5) is 24.3. The maximum atomic E-state index is 12.3. The number of benzene rings is 2. The lowest BCUT2D eigenvalue weighted by molar-refractivity contribution is -0.129. The minimum Gasteiger partial charge on any atom is -0.449 e. The van der Waals surface area contributed by atoms with Gasteiger partial charge < -0.3 is 10.1 Å². The highest BCUT2D eigenvalue weighted by Gasteiger charge is 2.22. The van der Waals surface area contributed by atoms with Crippen LogP contribution in [-0.4, -0.2) is 32.7 Å². The standard InChI is InChI=1S/C18H17Cl2NO5S/c1-11(17(22)21-10-12-3-5-13(19)6-4-12)26-18(23)15-9-14(27(2,24)25)7-8-16(15)20/h3-9,11H,10H2,1-2H3,(H,21,22). The third kappa shape index (κ3) is 5.95.